The van der Waals surface area contributed by atoms with Crippen molar-refractivity contribution in [3.63, 3.8) is 0 Å². The Morgan fingerprint density at radius 2 is 2.05 bits per heavy atom. The Kier molecular flexibility index (Phi) is 5.65. The Morgan fingerprint density at radius 3 is 2.62 bits per heavy atom. The third-order valence-corrected chi connectivity index (χ3v) is 4.21. The summed E-state index contributed by atoms with van der Waals surface area (Å²) in [6, 6.07) is 7.93. The molecular formula is C17H24ClNO2. The molecule has 1 aromatic carbocycles. The molecule has 0 N–H and O–H groups in total. The number of aryl methyl sites for hydroxylation is 1. The molecule has 1 aliphatic carbocycles. The van der Waals surface area contributed by atoms with Gasteiger partial charge in [0.05, 0.1) is 6.10 Å². The number of para-hydroxylation sites is 1. The number of rotatable bonds is 7. The largest absolute Gasteiger partial charge is 0.357 e. The first-order valence-electron chi connectivity index (χ1n) is 7.69. The standard InChI is InChI=1S/C17H24ClNO2/c1-4-14-7-5-6-8-16(14)19(17(20)12(2)18)11-21-13(3)15-9-10-15/h5-8,12-13,15H,4,9-11H2,1-3H3. The average molecular weight is 310 g/mol. The maximum Gasteiger partial charge on any atom is 0.246 e. The highest BCUT2D eigenvalue weighted by atomic mass is 35.5. The van der Waals surface area contributed by atoms with Crippen molar-refractivity contribution >= 4 is 23.2 Å². The molecule has 0 aromatic heterocycles. The smallest absolute Gasteiger partial charge is 0.246 e. The normalized spacial score (nSPS) is 17.3. The molecule has 0 aliphatic heterocycles. The van der Waals surface area contributed by atoms with Gasteiger partial charge in [0.2, 0.25) is 5.91 Å². The van der Waals surface area contributed by atoms with Gasteiger partial charge in [0, 0.05) is 5.69 Å². The van der Waals surface area contributed by atoms with Crippen LogP contribution >= 0.6 is 11.6 Å². The summed E-state index contributed by atoms with van der Waals surface area (Å²) < 4.78 is 5.90. The van der Waals surface area contributed by atoms with Gasteiger partial charge in [0.1, 0.15) is 12.1 Å². The van der Waals surface area contributed by atoms with Crippen LogP contribution in [0.4, 0.5) is 5.69 Å². The van der Waals surface area contributed by atoms with Crippen LogP contribution in [-0.4, -0.2) is 24.1 Å². The monoisotopic (exact) mass is 309 g/mol. The number of carbonyl (C=O) groups excluding carboxylic acids is 1. The Balaban J connectivity index is 2.16. The van der Waals surface area contributed by atoms with E-state index in [1.807, 2.05) is 24.3 Å². The van der Waals surface area contributed by atoms with Gasteiger partial charge in [-0.15, -0.1) is 11.6 Å². The zero-order valence-corrected chi connectivity index (χ0v) is 13.8. The molecule has 21 heavy (non-hydrogen) atoms. The molecule has 1 fully saturated rings. The highest BCUT2D eigenvalue weighted by Gasteiger charge is 2.30. The zero-order chi connectivity index (χ0) is 15.4. The van der Waals surface area contributed by atoms with Gasteiger partial charge in [0.25, 0.3) is 0 Å². The summed E-state index contributed by atoms with van der Waals surface area (Å²) in [7, 11) is 0. The van der Waals surface area contributed by atoms with E-state index in [9.17, 15) is 4.79 Å². The third kappa shape index (κ3) is 4.21. The average Bonchev–Trinajstić information content (AvgIpc) is 3.32. The lowest BCUT2D eigenvalue weighted by Gasteiger charge is -2.27. The van der Waals surface area contributed by atoms with E-state index in [1.165, 1.54) is 12.8 Å². The van der Waals surface area contributed by atoms with Crippen LogP contribution in [0.1, 0.15) is 39.2 Å². The van der Waals surface area contributed by atoms with E-state index in [0.29, 0.717) is 5.92 Å². The molecule has 0 radical (unpaired) electrons. The number of alkyl halides is 1. The highest BCUT2D eigenvalue weighted by molar-refractivity contribution is 6.32. The van der Waals surface area contributed by atoms with E-state index < -0.39 is 5.38 Å². The Morgan fingerprint density at radius 1 is 1.38 bits per heavy atom. The lowest BCUT2D eigenvalue weighted by atomic mass is 10.1. The second-order valence-corrected chi connectivity index (χ2v) is 6.36. The third-order valence-electron chi connectivity index (χ3n) is 4.02. The number of ether oxygens (including phenoxy) is 1. The van der Waals surface area contributed by atoms with E-state index in [0.717, 1.165) is 17.7 Å². The first-order chi connectivity index (χ1) is 10.0. The summed E-state index contributed by atoms with van der Waals surface area (Å²) in [6.45, 7) is 6.13. The van der Waals surface area contributed by atoms with Gasteiger partial charge >= 0.3 is 0 Å². The van der Waals surface area contributed by atoms with Crippen molar-refractivity contribution in [2.45, 2.75) is 51.5 Å². The summed E-state index contributed by atoms with van der Waals surface area (Å²) in [5, 5.41) is -0.560. The maximum absolute atomic E-state index is 12.4. The molecule has 4 heteroatoms. The number of nitrogens with zero attached hydrogens (tertiary/aromatic N) is 1. The molecule has 1 aromatic rings. The van der Waals surface area contributed by atoms with Crippen LogP contribution in [0.15, 0.2) is 24.3 Å². The maximum atomic E-state index is 12.4. The Bertz CT molecular complexity index is 485. The van der Waals surface area contributed by atoms with E-state index in [-0.39, 0.29) is 18.7 Å². The minimum atomic E-state index is -0.560. The van der Waals surface area contributed by atoms with Gasteiger partial charge in [-0.05, 0) is 50.7 Å². The molecule has 0 saturated heterocycles. The number of carbonyl (C=O) groups is 1. The minimum absolute atomic E-state index is 0.111. The fourth-order valence-electron chi connectivity index (χ4n) is 2.43. The fraction of sp³-hybridized carbons (Fsp3) is 0.588. The van der Waals surface area contributed by atoms with Crippen molar-refractivity contribution in [2.24, 2.45) is 5.92 Å². The number of hydrogen-bond acceptors (Lipinski definition) is 2. The summed E-state index contributed by atoms with van der Waals surface area (Å²) in [4.78, 5) is 14.1. The number of amides is 1. The quantitative estimate of drug-likeness (QED) is 0.563. The van der Waals surface area contributed by atoms with Crippen molar-refractivity contribution in [3.8, 4) is 0 Å². The Hall–Kier alpha value is -1.06. The van der Waals surface area contributed by atoms with Crippen molar-refractivity contribution in [1.29, 1.82) is 0 Å². The SMILES string of the molecule is CCc1ccccc1N(COC(C)C1CC1)C(=O)C(C)Cl. The predicted molar refractivity (Wildman–Crippen MR) is 86.8 cm³/mol. The number of hydrogen-bond donors (Lipinski definition) is 0. The number of benzene rings is 1. The van der Waals surface area contributed by atoms with Gasteiger partial charge in [-0.1, -0.05) is 25.1 Å². The van der Waals surface area contributed by atoms with Crippen LogP contribution in [0, 0.1) is 5.92 Å². The van der Waals surface area contributed by atoms with Crippen LogP contribution in [0.25, 0.3) is 0 Å². The minimum Gasteiger partial charge on any atom is -0.357 e. The second-order valence-electron chi connectivity index (χ2n) is 5.70. The van der Waals surface area contributed by atoms with E-state index in [4.69, 9.17) is 16.3 Å². The Labute approximate surface area is 132 Å². The predicted octanol–water partition coefficient (Wildman–Crippen LogP) is 3.98. The van der Waals surface area contributed by atoms with Crippen LogP contribution in [0.5, 0.6) is 0 Å². The molecular weight excluding hydrogens is 286 g/mol. The molecule has 2 unspecified atom stereocenters. The molecule has 1 aliphatic rings. The summed E-state index contributed by atoms with van der Waals surface area (Å²) in [5.74, 6) is 0.539. The summed E-state index contributed by atoms with van der Waals surface area (Å²) in [6.07, 6.45) is 3.52. The van der Waals surface area contributed by atoms with Gasteiger partial charge in [-0.3, -0.25) is 9.69 Å². The highest BCUT2D eigenvalue weighted by Crippen LogP contribution is 2.34. The molecule has 2 rings (SSSR count). The molecule has 0 bridgehead atoms. The van der Waals surface area contributed by atoms with Crippen molar-refractivity contribution in [3.05, 3.63) is 29.8 Å². The summed E-state index contributed by atoms with van der Waals surface area (Å²) in [5.41, 5.74) is 2.03. The van der Waals surface area contributed by atoms with Crippen molar-refractivity contribution in [1.82, 2.24) is 0 Å². The fourth-order valence-corrected chi connectivity index (χ4v) is 2.55. The van der Waals surface area contributed by atoms with Crippen molar-refractivity contribution in [2.75, 3.05) is 11.6 Å². The van der Waals surface area contributed by atoms with Crippen LogP contribution in [-0.2, 0) is 16.0 Å². The molecule has 1 saturated carbocycles. The zero-order valence-electron chi connectivity index (χ0n) is 13.0. The molecule has 1 amide bonds. The number of halogens is 1. The van der Waals surface area contributed by atoms with Gasteiger partial charge in [-0.2, -0.15) is 0 Å². The van der Waals surface area contributed by atoms with E-state index >= 15 is 0 Å². The van der Waals surface area contributed by atoms with Gasteiger partial charge < -0.3 is 4.74 Å². The van der Waals surface area contributed by atoms with Gasteiger partial charge in [0.15, 0.2) is 0 Å². The number of anilines is 1. The van der Waals surface area contributed by atoms with E-state index in [1.54, 1.807) is 11.8 Å². The first kappa shape index (κ1) is 16.3. The molecule has 0 heterocycles. The molecule has 0 spiro atoms. The second kappa shape index (κ2) is 7.28. The van der Waals surface area contributed by atoms with Crippen LogP contribution in [0.2, 0.25) is 0 Å². The lowest BCUT2D eigenvalue weighted by Crippen LogP contribution is -2.39. The first-order valence-corrected chi connectivity index (χ1v) is 8.13. The van der Waals surface area contributed by atoms with Crippen molar-refractivity contribution < 1.29 is 9.53 Å². The van der Waals surface area contributed by atoms with Crippen LogP contribution in [0.3, 0.4) is 0 Å². The lowest BCUT2D eigenvalue weighted by molar-refractivity contribution is -0.119. The topological polar surface area (TPSA) is 29.5 Å². The van der Waals surface area contributed by atoms with E-state index in [2.05, 4.69) is 13.8 Å². The summed E-state index contributed by atoms with van der Waals surface area (Å²) >= 11 is 6.01. The van der Waals surface area contributed by atoms with Crippen LogP contribution < -0.4 is 4.90 Å². The molecule has 116 valence electrons. The molecule has 3 nitrogen and oxygen atoms in total. The van der Waals surface area contributed by atoms with Gasteiger partial charge in [-0.25, -0.2) is 0 Å². The molecule has 2 atom stereocenters.